The fourth-order valence-electron chi connectivity index (χ4n) is 0.759. The molecule has 0 aliphatic heterocycles. The predicted molar refractivity (Wildman–Crippen MR) is 56.7 cm³/mol. The van der Waals surface area contributed by atoms with E-state index in [1.165, 1.54) is 6.42 Å². The lowest BCUT2D eigenvalue weighted by molar-refractivity contribution is 0.522. The fraction of sp³-hybridized carbons (Fsp3) is 0.857. The smallest absolute Gasteiger partial charge is 0.197 e. The highest BCUT2D eigenvalue weighted by atomic mass is 127. The average Bonchev–Trinajstić information content (AvgIpc) is 1.86. The third-order valence-corrected chi connectivity index (χ3v) is 2.40. The largest absolute Gasteiger partial charge is 0.369 e. The highest BCUT2D eigenvalue weighted by Gasteiger charge is 2.01. The molecule has 0 aromatic carbocycles. The Morgan fingerprint density at radius 2 is 2.18 bits per heavy atom. The molecule has 0 unspecified atom stereocenters. The Labute approximate surface area is 82.3 Å². The standard InChI is InChI=1S/C7H16IN3/c1-6(2)4-3-5-11(8)7(9)10/h6H,3-5H2,1-2H3,(H3,9,10). The van der Waals surface area contributed by atoms with Crippen molar-refractivity contribution in [2.24, 2.45) is 11.7 Å². The SMILES string of the molecule is CC(C)CCCN(I)C(=N)N. The number of hydrogen-bond acceptors (Lipinski definition) is 1. The normalized spacial score (nSPS) is 10.2. The predicted octanol–water partition coefficient (Wildman–Crippen LogP) is 1.97. The molecule has 3 N–H and O–H groups in total. The van der Waals surface area contributed by atoms with Crippen LogP contribution >= 0.6 is 22.9 Å². The van der Waals surface area contributed by atoms with Crippen LogP contribution in [0.1, 0.15) is 26.7 Å². The number of rotatable bonds is 4. The van der Waals surface area contributed by atoms with Crippen molar-refractivity contribution in [1.82, 2.24) is 3.11 Å². The van der Waals surface area contributed by atoms with Crippen LogP contribution in [-0.2, 0) is 0 Å². The van der Waals surface area contributed by atoms with Crippen molar-refractivity contribution in [3.8, 4) is 0 Å². The van der Waals surface area contributed by atoms with Gasteiger partial charge in [0.1, 0.15) is 0 Å². The molecule has 0 fully saturated rings. The molecule has 0 amide bonds. The van der Waals surface area contributed by atoms with E-state index >= 15 is 0 Å². The molecular weight excluding hydrogens is 253 g/mol. The highest BCUT2D eigenvalue weighted by molar-refractivity contribution is 14.1. The van der Waals surface area contributed by atoms with Gasteiger partial charge in [0.2, 0.25) is 0 Å². The second-order valence-electron chi connectivity index (χ2n) is 3.01. The Morgan fingerprint density at radius 1 is 1.64 bits per heavy atom. The van der Waals surface area contributed by atoms with Gasteiger partial charge in [0.15, 0.2) is 5.96 Å². The molecule has 4 heteroatoms. The zero-order valence-corrected chi connectivity index (χ0v) is 9.26. The first kappa shape index (κ1) is 11.0. The van der Waals surface area contributed by atoms with Gasteiger partial charge in [0, 0.05) is 6.54 Å². The molecule has 66 valence electrons. The van der Waals surface area contributed by atoms with Gasteiger partial charge in [-0.3, -0.25) is 8.52 Å². The molecule has 0 aromatic heterocycles. The number of nitrogens with one attached hydrogen (secondary N) is 1. The van der Waals surface area contributed by atoms with Crippen LogP contribution in [0.5, 0.6) is 0 Å². The molecule has 0 heterocycles. The minimum Gasteiger partial charge on any atom is -0.369 e. The van der Waals surface area contributed by atoms with E-state index < -0.39 is 0 Å². The van der Waals surface area contributed by atoms with E-state index in [0.29, 0.717) is 0 Å². The van der Waals surface area contributed by atoms with Gasteiger partial charge in [0.25, 0.3) is 0 Å². The summed E-state index contributed by atoms with van der Waals surface area (Å²) in [6, 6.07) is 0. The summed E-state index contributed by atoms with van der Waals surface area (Å²) in [7, 11) is 0. The fourth-order valence-corrected chi connectivity index (χ4v) is 1.10. The van der Waals surface area contributed by atoms with Crippen molar-refractivity contribution in [2.75, 3.05) is 6.54 Å². The van der Waals surface area contributed by atoms with E-state index in [2.05, 4.69) is 36.7 Å². The first-order valence-corrected chi connectivity index (χ1v) is 4.78. The molecule has 0 saturated heterocycles. The molecule has 0 rings (SSSR count). The maximum Gasteiger partial charge on any atom is 0.197 e. The molecule has 11 heavy (non-hydrogen) atoms. The van der Waals surface area contributed by atoms with Gasteiger partial charge in [-0.05, 0) is 18.8 Å². The number of nitrogens with two attached hydrogens (primary N) is 1. The summed E-state index contributed by atoms with van der Waals surface area (Å²) in [5.41, 5.74) is 5.25. The first-order valence-electron chi connectivity index (χ1n) is 3.81. The molecule has 0 bridgehead atoms. The lowest BCUT2D eigenvalue weighted by Crippen LogP contribution is -2.28. The highest BCUT2D eigenvalue weighted by Crippen LogP contribution is 2.06. The second kappa shape index (κ2) is 5.62. The lowest BCUT2D eigenvalue weighted by atomic mass is 10.1. The first-order chi connectivity index (χ1) is 5.04. The van der Waals surface area contributed by atoms with Crippen LogP contribution in [-0.4, -0.2) is 15.6 Å². The second-order valence-corrected chi connectivity index (χ2v) is 4.17. The van der Waals surface area contributed by atoms with Crippen LogP contribution in [0.25, 0.3) is 0 Å². The Hall–Kier alpha value is 0. The molecule has 0 atom stereocenters. The monoisotopic (exact) mass is 269 g/mol. The minimum atomic E-state index is 0.148. The van der Waals surface area contributed by atoms with Crippen molar-refractivity contribution in [3.63, 3.8) is 0 Å². The number of halogens is 1. The van der Waals surface area contributed by atoms with E-state index in [4.69, 9.17) is 11.1 Å². The molecule has 0 saturated carbocycles. The minimum absolute atomic E-state index is 0.148. The summed E-state index contributed by atoms with van der Waals surface area (Å²) in [5, 5.41) is 7.08. The van der Waals surface area contributed by atoms with Gasteiger partial charge in [-0.15, -0.1) is 0 Å². The quantitative estimate of drug-likeness (QED) is 0.355. The van der Waals surface area contributed by atoms with E-state index in [0.717, 1.165) is 18.9 Å². The molecule has 0 radical (unpaired) electrons. The average molecular weight is 269 g/mol. The molecule has 0 spiro atoms. The summed E-state index contributed by atoms with van der Waals surface area (Å²) in [6.45, 7) is 5.28. The van der Waals surface area contributed by atoms with Crippen LogP contribution < -0.4 is 5.73 Å². The van der Waals surface area contributed by atoms with Crippen LogP contribution in [0, 0.1) is 11.3 Å². The Bertz CT molecular complexity index is 125. The van der Waals surface area contributed by atoms with Crippen LogP contribution in [0.2, 0.25) is 0 Å². The van der Waals surface area contributed by atoms with Gasteiger partial charge in [-0.25, -0.2) is 0 Å². The van der Waals surface area contributed by atoms with Crippen molar-refractivity contribution in [2.45, 2.75) is 26.7 Å². The number of hydrogen-bond donors (Lipinski definition) is 2. The summed E-state index contributed by atoms with van der Waals surface area (Å²) in [5.74, 6) is 0.890. The summed E-state index contributed by atoms with van der Waals surface area (Å²) >= 11 is 2.06. The number of guanidine groups is 1. The zero-order valence-electron chi connectivity index (χ0n) is 7.10. The van der Waals surface area contributed by atoms with E-state index in [9.17, 15) is 0 Å². The van der Waals surface area contributed by atoms with Crippen molar-refractivity contribution in [1.29, 1.82) is 5.41 Å². The van der Waals surface area contributed by atoms with Gasteiger partial charge >= 0.3 is 0 Å². The van der Waals surface area contributed by atoms with E-state index in [1.807, 2.05) is 0 Å². The summed E-state index contributed by atoms with van der Waals surface area (Å²) in [6.07, 6.45) is 2.31. The maximum atomic E-state index is 7.08. The van der Waals surface area contributed by atoms with Gasteiger partial charge < -0.3 is 5.73 Å². The van der Waals surface area contributed by atoms with Crippen LogP contribution in [0.15, 0.2) is 0 Å². The third kappa shape index (κ3) is 6.40. The van der Waals surface area contributed by atoms with Crippen molar-refractivity contribution < 1.29 is 0 Å². The Morgan fingerprint density at radius 3 is 2.55 bits per heavy atom. The topological polar surface area (TPSA) is 53.1 Å². The molecule has 3 nitrogen and oxygen atoms in total. The zero-order chi connectivity index (χ0) is 8.85. The van der Waals surface area contributed by atoms with Gasteiger partial charge in [-0.1, -0.05) is 13.8 Å². The van der Waals surface area contributed by atoms with Gasteiger partial charge in [0.05, 0.1) is 22.9 Å². The third-order valence-electron chi connectivity index (χ3n) is 1.40. The summed E-state index contributed by atoms with van der Waals surface area (Å²) in [4.78, 5) is 0. The van der Waals surface area contributed by atoms with Crippen molar-refractivity contribution >= 4 is 28.8 Å². The van der Waals surface area contributed by atoms with Crippen molar-refractivity contribution in [3.05, 3.63) is 0 Å². The van der Waals surface area contributed by atoms with E-state index in [-0.39, 0.29) is 5.96 Å². The molecular formula is C7H16IN3. The number of nitrogens with zero attached hydrogens (tertiary/aromatic N) is 1. The van der Waals surface area contributed by atoms with Crippen LogP contribution in [0.4, 0.5) is 0 Å². The maximum absolute atomic E-state index is 7.08. The van der Waals surface area contributed by atoms with E-state index in [1.54, 1.807) is 3.11 Å². The molecule has 0 aromatic rings. The Balaban J connectivity index is 3.31. The lowest BCUT2D eigenvalue weighted by Gasteiger charge is -2.13. The summed E-state index contributed by atoms with van der Waals surface area (Å²) < 4.78 is 1.74. The molecule has 0 aliphatic rings. The Kier molecular flexibility index (Phi) is 5.62. The molecule has 0 aliphatic carbocycles. The van der Waals surface area contributed by atoms with Crippen LogP contribution in [0.3, 0.4) is 0 Å². The van der Waals surface area contributed by atoms with Gasteiger partial charge in [-0.2, -0.15) is 0 Å².